The van der Waals surface area contributed by atoms with Crippen molar-refractivity contribution in [2.24, 2.45) is 7.05 Å². The van der Waals surface area contributed by atoms with Crippen molar-refractivity contribution in [1.29, 1.82) is 0 Å². The Labute approximate surface area is 171 Å². The molecule has 0 N–H and O–H groups in total. The van der Waals surface area contributed by atoms with Crippen LogP contribution in [0.5, 0.6) is 5.75 Å². The van der Waals surface area contributed by atoms with Crippen LogP contribution in [0, 0.1) is 0 Å². The van der Waals surface area contributed by atoms with Gasteiger partial charge in [-0.15, -0.1) is 0 Å². The third-order valence-corrected chi connectivity index (χ3v) is 5.49. The molecule has 6 heteroatoms. The molecule has 6 nitrogen and oxygen atoms in total. The highest BCUT2D eigenvalue weighted by Crippen LogP contribution is 2.31. The number of nitrogens with zero attached hydrogens (tertiary/aromatic N) is 4. The van der Waals surface area contributed by atoms with Gasteiger partial charge in [0.05, 0.1) is 6.04 Å². The predicted molar refractivity (Wildman–Crippen MR) is 110 cm³/mol. The summed E-state index contributed by atoms with van der Waals surface area (Å²) in [5.74, 6) is 1.66. The lowest BCUT2D eigenvalue weighted by Gasteiger charge is -2.30. The standard InChI is InChI=1S/C23H26N4O2/c1-26-16-14-25-22(26)17-29-20-8-6-19(7-9-20)23(28)27-15-4-2-3-5-21(27)18-10-12-24-13-11-18/h6-14,16,21H,2-5,15,17H2,1H3. The molecule has 3 heterocycles. The van der Waals surface area contributed by atoms with E-state index >= 15 is 0 Å². The van der Waals surface area contributed by atoms with Crippen LogP contribution in [0.15, 0.2) is 61.2 Å². The summed E-state index contributed by atoms with van der Waals surface area (Å²) in [5.41, 5.74) is 1.85. The lowest BCUT2D eigenvalue weighted by molar-refractivity contribution is 0.0681. The van der Waals surface area contributed by atoms with Crippen LogP contribution in [0.1, 0.15) is 53.5 Å². The van der Waals surface area contributed by atoms with Crippen LogP contribution in [-0.2, 0) is 13.7 Å². The number of rotatable bonds is 5. The maximum atomic E-state index is 13.3. The minimum absolute atomic E-state index is 0.0735. The molecule has 1 aliphatic heterocycles. The first-order valence-corrected chi connectivity index (χ1v) is 10.1. The van der Waals surface area contributed by atoms with Crippen molar-refractivity contribution in [3.05, 3.63) is 78.1 Å². The molecule has 0 radical (unpaired) electrons. The van der Waals surface area contributed by atoms with Crippen LogP contribution in [0.3, 0.4) is 0 Å². The molecule has 1 atom stereocenters. The highest BCUT2D eigenvalue weighted by atomic mass is 16.5. The number of hydrogen-bond donors (Lipinski definition) is 0. The molecule has 0 aliphatic carbocycles. The van der Waals surface area contributed by atoms with Gasteiger partial charge >= 0.3 is 0 Å². The molecule has 1 aromatic carbocycles. The monoisotopic (exact) mass is 390 g/mol. The summed E-state index contributed by atoms with van der Waals surface area (Å²) in [6.07, 6.45) is 11.6. The number of amides is 1. The lowest BCUT2D eigenvalue weighted by atomic mass is 10.0. The second-order valence-electron chi connectivity index (χ2n) is 7.41. The Hall–Kier alpha value is -3.15. The molecule has 3 aromatic rings. The number of aromatic nitrogens is 3. The summed E-state index contributed by atoms with van der Waals surface area (Å²) >= 11 is 0. The number of likely N-dealkylation sites (tertiary alicyclic amines) is 1. The molecule has 4 rings (SSSR count). The van der Waals surface area contributed by atoms with Crippen LogP contribution in [0.2, 0.25) is 0 Å². The third-order valence-electron chi connectivity index (χ3n) is 5.49. The Balaban J connectivity index is 1.47. The molecular formula is C23H26N4O2. The van der Waals surface area contributed by atoms with Crippen LogP contribution in [0.25, 0.3) is 0 Å². The summed E-state index contributed by atoms with van der Waals surface area (Å²) in [5, 5.41) is 0. The molecule has 0 saturated carbocycles. The summed E-state index contributed by atoms with van der Waals surface area (Å²) in [6, 6.07) is 11.6. The molecule has 0 bridgehead atoms. The Kier molecular flexibility index (Phi) is 5.89. The van der Waals surface area contributed by atoms with Crippen LogP contribution >= 0.6 is 0 Å². The first-order chi connectivity index (χ1) is 14.2. The quantitative estimate of drug-likeness (QED) is 0.657. The first kappa shape index (κ1) is 19.2. The molecule has 1 amide bonds. The summed E-state index contributed by atoms with van der Waals surface area (Å²) < 4.78 is 7.73. The van der Waals surface area contributed by atoms with Gasteiger partial charge in [-0.1, -0.05) is 12.8 Å². The zero-order chi connectivity index (χ0) is 20.1. The van der Waals surface area contributed by atoms with E-state index in [1.807, 2.05) is 59.1 Å². The molecule has 1 saturated heterocycles. The fourth-order valence-electron chi connectivity index (χ4n) is 3.83. The number of hydrogen-bond acceptors (Lipinski definition) is 4. The van der Waals surface area contributed by atoms with Crippen LogP contribution < -0.4 is 4.74 Å². The van der Waals surface area contributed by atoms with Gasteiger partial charge in [0.25, 0.3) is 5.91 Å². The molecule has 1 aliphatic rings. The minimum atomic E-state index is 0.0735. The molecule has 2 aromatic heterocycles. The van der Waals surface area contributed by atoms with E-state index in [2.05, 4.69) is 9.97 Å². The van der Waals surface area contributed by atoms with E-state index in [1.165, 1.54) is 0 Å². The van der Waals surface area contributed by atoms with Gasteiger partial charge in [0.15, 0.2) is 0 Å². The maximum absolute atomic E-state index is 13.3. The second kappa shape index (κ2) is 8.90. The Bertz CT molecular complexity index is 937. The van der Waals surface area contributed by atoms with Crippen LogP contribution in [-0.4, -0.2) is 31.9 Å². The van der Waals surface area contributed by atoms with E-state index in [4.69, 9.17) is 4.74 Å². The highest BCUT2D eigenvalue weighted by Gasteiger charge is 2.27. The molecule has 0 spiro atoms. The fraction of sp³-hybridized carbons (Fsp3) is 0.348. The summed E-state index contributed by atoms with van der Waals surface area (Å²) in [6.45, 7) is 1.18. The number of carbonyl (C=O) groups is 1. The number of pyridine rings is 1. The fourth-order valence-corrected chi connectivity index (χ4v) is 3.83. The van der Waals surface area contributed by atoms with E-state index in [0.29, 0.717) is 12.2 Å². The number of ether oxygens (including phenoxy) is 1. The normalized spacial score (nSPS) is 17.0. The van der Waals surface area contributed by atoms with E-state index < -0.39 is 0 Å². The van der Waals surface area contributed by atoms with E-state index in [-0.39, 0.29) is 11.9 Å². The molecule has 29 heavy (non-hydrogen) atoms. The summed E-state index contributed by atoms with van der Waals surface area (Å²) in [4.78, 5) is 23.7. The zero-order valence-corrected chi connectivity index (χ0v) is 16.7. The van der Waals surface area contributed by atoms with Crippen molar-refractivity contribution >= 4 is 5.91 Å². The van der Waals surface area contributed by atoms with E-state index in [1.54, 1.807) is 18.6 Å². The van der Waals surface area contributed by atoms with Crippen molar-refractivity contribution < 1.29 is 9.53 Å². The molecule has 150 valence electrons. The van der Waals surface area contributed by atoms with Gasteiger partial charge in [-0.05, 0) is 54.8 Å². The molecular weight excluding hydrogens is 364 g/mol. The topological polar surface area (TPSA) is 60.3 Å². The maximum Gasteiger partial charge on any atom is 0.254 e. The summed E-state index contributed by atoms with van der Waals surface area (Å²) in [7, 11) is 1.94. The van der Waals surface area contributed by atoms with Gasteiger partial charge in [-0.2, -0.15) is 0 Å². The van der Waals surface area contributed by atoms with Gasteiger partial charge in [0.1, 0.15) is 18.2 Å². The number of carbonyl (C=O) groups excluding carboxylic acids is 1. The van der Waals surface area contributed by atoms with Crippen molar-refractivity contribution in [2.45, 2.75) is 38.3 Å². The predicted octanol–water partition coefficient (Wildman–Crippen LogP) is 4.15. The lowest BCUT2D eigenvalue weighted by Crippen LogP contribution is -2.34. The zero-order valence-electron chi connectivity index (χ0n) is 16.7. The van der Waals surface area contributed by atoms with Gasteiger partial charge in [-0.25, -0.2) is 4.98 Å². The third kappa shape index (κ3) is 4.47. The highest BCUT2D eigenvalue weighted by molar-refractivity contribution is 5.94. The van der Waals surface area contributed by atoms with Crippen molar-refractivity contribution in [3.8, 4) is 5.75 Å². The van der Waals surface area contributed by atoms with Crippen molar-refractivity contribution in [1.82, 2.24) is 19.4 Å². The largest absolute Gasteiger partial charge is 0.486 e. The van der Waals surface area contributed by atoms with Gasteiger partial charge < -0.3 is 14.2 Å². The van der Waals surface area contributed by atoms with Gasteiger partial charge in [0, 0.05) is 43.9 Å². The van der Waals surface area contributed by atoms with Crippen LogP contribution in [0.4, 0.5) is 0 Å². The van der Waals surface area contributed by atoms with E-state index in [0.717, 1.165) is 49.4 Å². The SMILES string of the molecule is Cn1ccnc1COc1ccc(C(=O)N2CCCCCC2c2ccncc2)cc1. The Morgan fingerprint density at radius 3 is 2.59 bits per heavy atom. The van der Waals surface area contributed by atoms with Crippen molar-refractivity contribution in [2.75, 3.05) is 6.54 Å². The first-order valence-electron chi connectivity index (χ1n) is 10.1. The Morgan fingerprint density at radius 1 is 1.07 bits per heavy atom. The minimum Gasteiger partial charge on any atom is -0.486 e. The van der Waals surface area contributed by atoms with E-state index in [9.17, 15) is 4.79 Å². The smallest absolute Gasteiger partial charge is 0.254 e. The second-order valence-corrected chi connectivity index (χ2v) is 7.41. The number of aryl methyl sites for hydroxylation is 1. The van der Waals surface area contributed by atoms with Gasteiger partial charge in [0.2, 0.25) is 0 Å². The van der Waals surface area contributed by atoms with Crippen molar-refractivity contribution in [3.63, 3.8) is 0 Å². The number of benzene rings is 1. The average molecular weight is 390 g/mol. The average Bonchev–Trinajstić information content (AvgIpc) is 3.02. The number of imidazole rings is 1. The van der Waals surface area contributed by atoms with Gasteiger partial charge in [-0.3, -0.25) is 9.78 Å². The Morgan fingerprint density at radius 2 is 1.86 bits per heavy atom. The molecule has 1 unspecified atom stereocenters. The molecule has 1 fully saturated rings.